The van der Waals surface area contributed by atoms with E-state index in [0.29, 0.717) is 0 Å². The number of nitrogens with zero attached hydrogens (tertiary/aromatic N) is 2. The molecule has 1 amide bonds. The molecule has 1 fully saturated rings. The van der Waals surface area contributed by atoms with Gasteiger partial charge in [0.05, 0.1) is 16.7 Å². The Kier molecular flexibility index (Phi) is 5.34. The zero-order chi connectivity index (χ0) is 13.7. The highest BCUT2D eigenvalue weighted by atomic mass is 32.1. The van der Waals surface area contributed by atoms with E-state index in [2.05, 4.69) is 22.2 Å². The molecule has 1 aliphatic rings. The summed E-state index contributed by atoms with van der Waals surface area (Å²) in [6.45, 7) is 3.91. The first kappa shape index (κ1) is 14.5. The van der Waals surface area contributed by atoms with E-state index in [-0.39, 0.29) is 11.9 Å². The zero-order valence-electron chi connectivity index (χ0n) is 11.6. The number of carbonyl (C=O) groups is 1. The fraction of sp³-hybridized carbons (Fsp3) is 0.714. The molecule has 106 valence electrons. The Balaban J connectivity index is 1.94. The van der Waals surface area contributed by atoms with Crippen LogP contribution in [0.3, 0.4) is 0 Å². The Bertz CT molecular complexity index is 419. The Hall–Kier alpha value is -0.940. The minimum atomic E-state index is -0.193. The molecule has 2 rings (SSSR count). The average Bonchev–Trinajstić information content (AvgIpc) is 2.84. The molecule has 1 aromatic heterocycles. The van der Waals surface area contributed by atoms with Gasteiger partial charge in [-0.3, -0.25) is 9.69 Å². The van der Waals surface area contributed by atoms with E-state index < -0.39 is 0 Å². The second-order valence-electron chi connectivity index (χ2n) is 5.22. The number of hydrogen-bond acceptors (Lipinski definition) is 4. The summed E-state index contributed by atoms with van der Waals surface area (Å²) < 4.78 is 0. The molecule has 19 heavy (non-hydrogen) atoms. The van der Waals surface area contributed by atoms with Crippen LogP contribution < -0.4 is 5.73 Å². The molecule has 0 saturated carbocycles. The van der Waals surface area contributed by atoms with Crippen LogP contribution in [0.15, 0.2) is 5.38 Å². The van der Waals surface area contributed by atoms with Crippen LogP contribution in [0.1, 0.15) is 49.7 Å². The van der Waals surface area contributed by atoms with Crippen molar-refractivity contribution < 1.29 is 4.79 Å². The van der Waals surface area contributed by atoms with Gasteiger partial charge in [0.25, 0.3) is 0 Å². The molecular formula is C14H23N3OS. The molecule has 0 spiro atoms. The number of unbranched alkanes of at least 4 members (excludes halogenated alkanes) is 1. The Labute approximate surface area is 119 Å². The Morgan fingerprint density at radius 2 is 2.42 bits per heavy atom. The van der Waals surface area contributed by atoms with Crippen LogP contribution in [0.25, 0.3) is 0 Å². The highest BCUT2D eigenvalue weighted by Gasteiger charge is 2.27. The fourth-order valence-electron chi connectivity index (χ4n) is 2.57. The molecule has 0 bridgehead atoms. The highest BCUT2D eigenvalue weighted by Crippen LogP contribution is 2.21. The molecule has 2 heterocycles. The second kappa shape index (κ2) is 7.01. The molecule has 0 radical (unpaired) electrons. The monoisotopic (exact) mass is 281 g/mol. The number of aromatic nitrogens is 1. The van der Waals surface area contributed by atoms with Gasteiger partial charge in [-0.15, -0.1) is 11.3 Å². The third-order valence-electron chi connectivity index (χ3n) is 3.65. The van der Waals surface area contributed by atoms with Crippen molar-refractivity contribution in [1.82, 2.24) is 9.88 Å². The van der Waals surface area contributed by atoms with Crippen molar-refractivity contribution in [2.45, 2.75) is 58.0 Å². The second-order valence-corrected chi connectivity index (χ2v) is 6.16. The van der Waals surface area contributed by atoms with Crippen molar-refractivity contribution in [2.75, 3.05) is 6.54 Å². The van der Waals surface area contributed by atoms with Gasteiger partial charge in [-0.05, 0) is 32.2 Å². The minimum absolute atomic E-state index is 0.102. The van der Waals surface area contributed by atoms with Gasteiger partial charge in [-0.25, -0.2) is 4.98 Å². The SMILES string of the molecule is CCCCc1nc(CN2CCCCC2C(N)=O)cs1. The van der Waals surface area contributed by atoms with E-state index in [4.69, 9.17) is 5.73 Å². The molecule has 1 atom stereocenters. The number of primary amides is 1. The maximum atomic E-state index is 11.5. The van der Waals surface area contributed by atoms with Gasteiger partial charge in [-0.2, -0.15) is 0 Å². The first-order valence-corrected chi connectivity index (χ1v) is 8.05. The first-order chi connectivity index (χ1) is 9.20. The molecule has 0 aromatic carbocycles. The number of piperidine rings is 1. The third kappa shape index (κ3) is 4.01. The van der Waals surface area contributed by atoms with E-state index in [9.17, 15) is 4.79 Å². The topological polar surface area (TPSA) is 59.2 Å². The van der Waals surface area contributed by atoms with Crippen LogP contribution in [0.2, 0.25) is 0 Å². The Morgan fingerprint density at radius 1 is 1.58 bits per heavy atom. The third-order valence-corrected chi connectivity index (χ3v) is 4.61. The van der Waals surface area contributed by atoms with Gasteiger partial charge in [0.2, 0.25) is 5.91 Å². The number of likely N-dealkylation sites (tertiary alicyclic amines) is 1. The van der Waals surface area contributed by atoms with Gasteiger partial charge in [-0.1, -0.05) is 19.8 Å². The Morgan fingerprint density at radius 3 is 3.16 bits per heavy atom. The van der Waals surface area contributed by atoms with Crippen LogP contribution in [0, 0.1) is 0 Å². The summed E-state index contributed by atoms with van der Waals surface area (Å²) in [5.41, 5.74) is 6.57. The molecule has 1 unspecified atom stereocenters. The largest absolute Gasteiger partial charge is 0.368 e. The first-order valence-electron chi connectivity index (χ1n) is 7.17. The summed E-state index contributed by atoms with van der Waals surface area (Å²) >= 11 is 1.73. The molecular weight excluding hydrogens is 258 g/mol. The van der Waals surface area contributed by atoms with Gasteiger partial charge in [0, 0.05) is 11.9 Å². The lowest BCUT2D eigenvalue weighted by Gasteiger charge is -2.32. The van der Waals surface area contributed by atoms with Gasteiger partial charge in [0.15, 0.2) is 0 Å². The van der Waals surface area contributed by atoms with Crippen molar-refractivity contribution in [3.63, 3.8) is 0 Å². The predicted octanol–water partition coefficient (Wildman–Crippen LogP) is 2.33. The summed E-state index contributed by atoms with van der Waals surface area (Å²) in [7, 11) is 0. The number of amides is 1. The normalized spacial score (nSPS) is 20.6. The maximum Gasteiger partial charge on any atom is 0.234 e. The highest BCUT2D eigenvalue weighted by molar-refractivity contribution is 7.09. The van der Waals surface area contributed by atoms with Crippen molar-refractivity contribution in [1.29, 1.82) is 0 Å². The average molecular weight is 281 g/mol. The van der Waals surface area contributed by atoms with Gasteiger partial charge < -0.3 is 5.73 Å². The molecule has 1 aromatic rings. The number of hydrogen-bond donors (Lipinski definition) is 1. The van der Waals surface area contributed by atoms with E-state index >= 15 is 0 Å². The number of carbonyl (C=O) groups excluding carboxylic acids is 1. The van der Waals surface area contributed by atoms with E-state index in [0.717, 1.165) is 44.5 Å². The summed E-state index contributed by atoms with van der Waals surface area (Å²) in [6.07, 6.45) is 6.60. The minimum Gasteiger partial charge on any atom is -0.368 e. The summed E-state index contributed by atoms with van der Waals surface area (Å²) in [6, 6.07) is -0.102. The molecule has 4 nitrogen and oxygen atoms in total. The summed E-state index contributed by atoms with van der Waals surface area (Å²) in [5.74, 6) is -0.193. The van der Waals surface area contributed by atoms with Crippen molar-refractivity contribution in [2.24, 2.45) is 5.73 Å². The molecule has 0 aliphatic carbocycles. The van der Waals surface area contributed by atoms with Crippen molar-refractivity contribution in [3.05, 3.63) is 16.1 Å². The number of aryl methyl sites for hydroxylation is 1. The van der Waals surface area contributed by atoms with E-state index in [1.165, 1.54) is 17.8 Å². The molecule has 5 heteroatoms. The van der Waals surface area contributed by atoms with Crippen LogP contribution in [-0.2, 0) is 17.8 Å². The summed E-state index contributed by atoms with van der Waals surface area (Å²) in [4.78, 5) is 18.3. The van der Waals surface area contributed by atoms with E-state index in [1.807, 2.05) is 0 Å². The van der Waals surface area contributed by atoms with E-state index in [1.54, 1.807) is 11.3 Å². The van der Waals surface area contributed by atoms with Crippen LogP contribution in [0.4, 0.5) is 0 Å². The summed E-state index contributed by atoms with van der Waals surface area (Å²) in [5, 5.41) is 3.34. The lowest BCUT2D eigenvalue weighted by molar-refractivity contribution is -0.124. The molecule has 2 N–H and O–H groups in total. The molecule has 1 aliphatic heterocycles. The van der Waals surface area contributed by atoms with Crippen LogP contribution in [-0.4, -0.2) is 28.4 Å². The molecule has 1 saturated heterocycles. The zero-order valence-corrected chi connectivity index (χ0v) is 12.4. The van der Waals surface area contributed by atoms with Crippen molar-refractivity contribution in [3.8, 4) is 0 Å². The smallest absolute Gasteiger partial charge is 0.234 e. The fourth-order valence-corrected chi connectivity index (χ4v) is 3.41. The standard InChI is InChI=1S/C14H23N3OS/c1-2-3-7-13-16-11(10-19-13)9-17-8-5-4-6-12(17)14(15)18/h10,12H,2-9H2,1H3,(H2,15,18). The lowest BCUT2D eigenvalue weighted by Crippen LogP contribution is -2.47. The van der Waals surface area contributed by atoms with Crippen LogP contribution in [0.5, 0.6) is 0 Å². The lowest BCUT2D eigenvalue weighted by atomic mass is 10.0. The predicted molar refractivity (Wildman–Crippen MR) is 78.0 cm³/mol. The number of thiazole rings is 1. The quantitative estimate of drug-likeness (QED) is 0.870. The van der Waals surface area contributed by atoms with Gasteiger partial charge >= 0.3 is 0 Å². The van der Waals surface area contributed by atoms with Crippen LogP contribution >= 0.6 is 11.3 Å². The van der Waals surface area contributed by atoms with Gasteiger partial charge in [0.1, 0.15) is 0 Å². The van der Waals surface area contributed by atoms with Crippen molar-refractivity contribution >= 4 is 17.2 Å². The number of rotatable bonds is 6. The number of nitrogens with two attached hydrogens (primary N) is 1. The maximum absolute atomic E-state index is 11.5.